The van der Waals surface area contributed by atoms with Gasteiger partial charge in [-0.2, -0.15) is 0 Å². The summed E-state index contributed by atoms with van der Waals surface area (Å²) in [6.07, 6.45) is 0.968. The summed E-state index contributed by atoms with van der Waals surface area (Å²) in [5.74, 6) is 0.702. The van der Waals surface area contributed by atoms with Crippen LogP contribution >= 0.6 is 0 Å². The molecule has 2 aromatic carbocycles. The summed E-state index contributed by atoms with van der Waals surface area (Å²) >= 11 is 0. The van der Waals surface area contributed by atoms with E-state index >= 15 is 0 Å². The highest BCUT2D eigenvalue weighted by atomic mass is 19.1. The molecule has 2 rings (SSSR count). The highest BCUT2D eigenvalue weighted by Crippen LogP contribution is 2.12. The van der Waals surface area contributed by atoms with Crippen LogP contribution in [-0.2, 0) is 13.0 Å². The second kappa shape index (κ2) is 7.06. The van der Waals surface area contributed by atoms with Crippen LogP contribution in [0.2, 0.25) is 0 Å². The fourth-order valence-electron chi connectivity index (χ4n) is 2.14. The van der Waals surface area contributed by atoms with E-state index in [0.29, 0.717) is 0 Å². The van der Waals surface area contributed by atoms with Crippen molar-refractivity contribution < 1.29 is 9.13 Å². The number of methoxy groups -OCH3 is 1. The van der Waals surface area contributed by atoms with E-state index in [1.54, 1.807) is 19.2 Å². The van der Waals surface area contributed by atoms with Crippen molar-refractivity contribution in [1.29, 1.82) is 0 Å². The SMILES string of the molecule is COc1ccc(CCN(C)Cc2cccc(F)c2)cc1. The van der Waals surface area contributed by atoms with E-state index < -0.39 is 0 Å². The average Bonchev–Trinajstić information content (AvgIpc) is 2.46. The van der Waals surface area contributed by atoms with E-state index in [0.717, 1.165) is 30.8 Å². The van der Waals surface area contributed by atoms with Gasteiger partial charge in [-0.15, -0.1) is 0 Å². The molecule has 0 aliphatic carbocycles. The lowest BCUT2D eigenvalue weighted by Gasteiger charge is -2.16. The number of likely N-dealkylation sites (N-methyl/N-ethyl adjacent to an activating group) is 1. The van der Waals surface area contributed by atoms with Gasteiger partial charge in [0.05, 0.1) is 7.11 Å². The van der Waals surface area contributed by atoms with E-state index in [1.165, 1.54) is 11.6 Å². The molecule has 0 amide bonds. The molecule has 0 fully saturated rings. The monoisotopic (exact) mass is 273 g/mol. The molecule has 0 aliphatic rings. The van der Waals surface area contributed by atoms with Gasteiger partial charge in [-0.3, -0.25) is 0 Å². The maximum absolute atomic E-state index is 13.1. The average molecular weight is 273 g/mol. The van der Waals surface area contributed by atoms with E-state index in [9.17, 15) is 4.39 Å². The van der Waals surface area contributed by atoms with Crippen LogP contribution in [0, 0.1) is 5.82 Å². The number of halogens is 1. The van der Waals surface area contributed by atoms with Gasteiger partial charge in [0.15, 0.2) is 0 Å². The number of ether oxygens (including phenoxy) is 1. The minimum Gasteiger partial charge on any atom is -0.497 e. The van der Waals surface area contributed by atoms with E-state index in [2.05, 4.69) is 24.1 Å². The van der Waals surface area contributed by atoms with Gasteiger partial charge in [0.1, 0.15) is 11.6 Å². The summed E-state index contributed by atoms with van der Waals surface area (Å²) in [6, 6.07) is 14.9. The summed E-state index contributed by atoms with van der Waals surface area (Å²) in [5, 5.41) is 0. The first kappa shape index (κ1) is 14.5. The maximum atomic E-state index is 13.1. The zero-order valence-electron chi connectivity index (χ0n) is 12.0. The molecule has 0 heterocycles. The van der Waals surface area contributed by atoms with Gasteiger partial charge in [-0.05, 0) is 48.9 Å². The second-order valence-electron chi connectivity index (χ2n) is 4.97. The van der Waals surface area contributed by atoms with Crippen LogP contribution in [0.3, 0.4) is 0 Å². The second-order valence-corrected chi connectivity index (χ2v) is 4.97. The molecule has 0 radical (unpaired) electrons. The van der Waals surface area contributed by atoms with Gasteiger partial charge >= 0.3 is 0 Å². The Hall–Kier alpha value is -1.87. The Morgan fingerprint density at radius 2 is 1.80 bits per heavy atom. The van der Waals surface area contributed by atoms with Gasteiger partial charge in [-0.25, -0.2) is 4.39 Å². The molecule has 2 aromatic rings. The highest BCUT2D eigenvalue weighted by Gasteiger charge is 2.02. The smallest absolute Gasteiger partial charge is 0.123 e. The summed E-state index contributed by atoms with van der Waals surface area (Å²) in [5.41, 5.74) is 2.28. The summed E-state index contributed by atoms with van der Waals surface area (Å²) in [4.78, 5) is 2.19. The van der Waals surface area contributed by atoms with Gasteiger partial charge < -0.3 is 9.64 Å². The third kappa shape index (κ3) is 4.35. The van der Waals surface area contributed by atoms with Gasteiger partial charge in [0.2, 0.25) is 0 Å². The molecule has 0 spiro atoms. The van der Waals surface area contributed by atoms with Crippen molar-refractivity contribution in [1.82, 2.24) is 4.90 Å². The molecule has 20 heavy (non-hydrogen) atoms. The zero-order valence-corrected chi connectivity index (χ0v) is 12.0. The quantitative estimate of drug-likeness (QED) is 0.798. The predicted octanol–water partition coefficient (Wildman–Crippen LogP) is 3.51. The molecule has 2 nitrogen and oxygen atoms in total. The van der Waals surface area contributed by atoms with Crippen LogP contribution < -0.4 is 4.74 Å². The molecule has 0 bridgehead atoms. The highest BCUT2D eigenvalue weighted by molar-refractivity contribution is 5.27. The van der Waals surface area contributed by atoms with Crippen LogP contribution in [0.25, 0.3) is 0 Å². The van der Waals surface area contributed by atoms with Crippen LogP contribution in [0.1, 0.15) is 11.1 Å². The molecule has 0 saturated heterocycles. The number of benzene rings is 2. The number of rotatable bonds is 6. The van der Waals surface area contributed by atoms with Crippen LogP contribution in [0.15, 0.2) is 48.5 Å². The fraction of sp³-hybridized carbons (Fsp3) is 0.294. The molecule has 0 aliphatic heterocycles. The zero-order chi connectivity index (χ0) is 14.4. The Balaban J connectivity index is 1.83. The molecule has 0 unspecified atom stereocenters. The van der Waals surface area contributed by atoms with Crippen molar-refractivity contribution in [2.24, 2.45) is 0 Å². The van der Waals surface area contributed by atoms with Crippen molar-refractivity contribution >= 4 is 0 Å². The minimum absolute atomic E-state index is 0.175. The van der Waals surface area contributed by atoms with E-state index in [-0.39, 0.29) is 5.82 Å². The maximum Gasteiger partial charge on any atom is 0.123 e. The molecule has 106 valence electrons. The van der Waals surface area contributed by atoms with Crippen molar-refractivity contribution in [3.8, 4) is 5.75 Å². The fourth-order valence-corrected chi connectivity index (χ4v) is 2.14. The summed E-state index contributed by atoms with van der Waals surface area (Å²) < 4.78 is 18.2. The van der Waals surface area contributed by atoms with Crippen molar-refractivity contribution in [2.75, 3.05) is 20.7 Å². The molecule has 0 aromatic heterocycles. The van der Waals surface area contributed by atoms with Crippen LogP contribution in [0.5, 0.6) is 5.75 Å². The minimum atomic E-state index is -0.175. The molecule has 3 heteroatoms. The van der Waals surface area contributed by atoms with Crippen molar-refractivity contribution in [3.05, 3.63) is 65.5 Å². The Labute approximate surface area is 119 Å². The standard InChI is InChI=1S/C17H20FNO/c1-19(13-15-4-3-5-16(18)12-15)11-10-14-6-8-17(20-2)9-7-14/h3-9,12H,10-11,13H2,1-2H3. The lowest BCUT2D eigenvalue weighted by molar-refractivity contribution is 0.330. The first-order valence-electron chi connectivity index (χ1n) is 6.73. The molecule has 0 atom stereocenters. The normalized spacial score (nSPS) is 10.8. The Morgan fingerprint density at radius 3 is 2.45 bits per heavy atom. The van der Waals surface area contributed by atoms with E-state index in [1.807, 2.05) is 18.2 Å². The lowest BCUT2D eigenvalue weighted by Crippen LogP contribution is -2.20. The lowest BCUT2D eigenvalue weighted by atomic mass is 10.1. The largest absolute Gasteiger partial charge is 0.497 e. The Kier molecular flexibility index (Phi) is 5.13. The summed E-state index contributed by atoms with van der Waals surface area (Å²) in [7, 11) is 3.72. The molecule has 0 saturated carbocycles. The van der Waals surface area contributed by atoms with Crippen LogP contribution in [0.4, 0.5) is 4.39 Å². The Bertz CT molecular complexity index is 539. The van der Waals surface area contributed by atoms with Gasteiger partial charge in [0.25, 0.3) is 0 Å². The van der Waals surface area contributed by atoms with Gasteiger partial charge in [-0.1, -0.05) is 24.3 Å². The van der Waals surface area contributed by atoms with E-state index in [4.69, 9.17) is 4.74 Å². The first-order valence-corrected chi connectivity index (χ1v) is 6.73. The third-order valence-corrected chi connectivity index (χ3v) is 3.28. The number of hydrogen-bond donors (Lipinski definition) is 0. The summed E-state index contributed by atoms with van der Waals surface area (Å²) in [6.45, 7) is 1.69. The third-order valence-electron chi connectivity index (χ3n) is 3.28. The molecular weight excluding hydrogens is 253 g/mol. The number of nitrogens with zero attached hydrogens (tertiary/aromatic N) is 1. The molecular formula is C17H20FNO. The van der Waals surface area contributed by atoms with Crippen molar-refractivity contribution in [2.45, 2.75) is 13.0 Å². The molecule has 0 N–H and O–H groups in total. The van der Waals surface area contributed by atoms with Crippen LogP contribution in [-0.4, -0.2) is 25.6 Å². The van der Waals surface area contributed by atoms with Crippen molar-refractivity contribution in [3.63, 3.8) is 0 Å². The predicted molar refractivity (Wildman–Crippen MR) is 79.4 cm³/mol. The topological polar surface area (TPSA) is 12.5 Å². The first-order chi connectivity index (χ1) is 9.67. The van der Waals surface area contributed by atoms with Gasteiger partial charge in [0, 0.05) is 13.1 Å². The number of hydrogen-bond acceptors (Lipinski definition) is 2. The Morgan fingerprint density at radius 1 is 1.05 bits per heavy atom.